The standard InChI is InChI=1S/C15H11F3N2O3S2/c1-9-19-13-7-2-10(8-14(13)24-9)20-25(21,22)12-5-3-11(4-6-12)23-15(16,17)18/h2-8,20H,1H3. The number of thiazole rings is 1. The van der Waals surface area contributed by atoms with Crippen molar-refractivity contribution in [3.8, 4) is 5.75 Å². The molecular formula is C15H11F3N2O3S2. The average Bonchev–Trinajstić information content (AvgIpc) is 2.85. The van der Waals surface area contributed by atoms with Gasteiger partial charge in [0.1, 0.15) is 5.75 Å². The first kappa shape index (κ1) is 17.5. The van der Waals surface area contributed by atoms with Crippen molar-refractivity contribution in [1.82, 2.24) is 4.98 Å². The van der Waals surface area contributed by atoms with Gasteiger partial charge in [0.25, 0.3) is 10.0 Å². The summed E-state index contributed by atoms with van der Waals surface area (Å²) in [6.45, 7) is 1.85. The molecule has 1 aromatic heterocycles. The van der Waals surface area contributed by atoms with E-state index in [1.165, 1.54) is 11.3 Å². The van der Waals surface area contributed by atoms with Crippen LogP contribution in [0.4, 0.5) is 18.9 Å². The Bertz CT molecular complexity index is 1010. The van der Waals surface area contributed by atoms with Gasteiger partial charge < -0.3 is 4.74 Å². The Morgan fingerprint density at radius 3 is 2.44 bits per heavy atom. The van der Waals surface area contributed by atoms with Crippen LogP contribution in [0, 0.1) is 6.92 Å². The maximum Gasteiger partial charge on any atom is 0.573 e. The van der Waals surface area contributed by atoms with Gasteiger partial charge in [0.05, 0.1) is 25.8 Å². The highest BCUT2D eigenvalue weighted by atomic mass is 32.2. The average molecular weight is 388 g/mol. The van der Waals surface area contributed by atoms with Crippen LogP contribution in [0.3, 0.4) is 0 Å². The number of fused-ring (bicyclic) bond motifs is 1. The number of anilines is 1. The molecule has 0 saturated heterocycles. The molecule has 0 atom stereocenters. The van der Waals surface area contributed by atoms with Gasteiger partial charge in [-0.05, 0) is 49.4 Å². The van der Waals surface area contributed by atoms with Crippen LogP contribution in [0.5, 0.6) is 5.75 Å². The molecule has 0 bridgehead atoms. The summed E-state index contributed by atoms with van der Waals surface area (Å²) in [5.41, 5.74) is 1.10. The maximum atomic E-state index is 12.4. The molecule has 132 valence electrons. The SMILES string of the molecule is Cc1nc2ccc(NS(=O)(=O)c3ccc(OC(F)(F)F)cc3)cc2s1. The molecule has 0 unspecified atom stereocenters. The van der Waals surface area contributed by atoms with Crippen LogP contribution in [-0.2, 0) is 10.0 Å². The number of hydrogen-bond acceptors (Lipinski definition) is 5. The van der Waals surface area contributed by atoms with Gasteiger partial charge in [-0.2, -0.15) is 0 Å². The van der Waals surface area contributed by atoms with Crippen LogP contribution < -0.4 is 9.46 Å². The summed E-state index contributed by atoms with van der Waals surface area (Å²) >= 11 is 1.43. The first-order valence-electron chi connectivity index (χ1n) is 6.88. The maximum absolute atomic E-state index is 12.4. The number of nitrogens with one attached hydrogen (secondary N) is 1. The van der Waals surface area contributed by atoms with E-state index in [-0.39, 0.29) is 4.90 Å². The minimum absolute atomic E-state index is 0.178. The van der Waals surface area contributed by atoms with Crippen LogP contribution in [-0.4, -0.2) is 19.8 Å². The molecule has 0 radical (unpaired) electrons. The van der Waals surface area contributed by atoms with Crippen molar-refractivity contribution in [1.29, 1.82) is 0 Å². The predicted molar refractivity (Wildman–Crippen MR) is 88.3 cm³/mol. The number of halogens is 3. The Balaban J connectivity index is 1.82. The van der Waals surface area contributed by atoms with Gasteiger partial charge in [-0.3, -0.25) is 4.72 Å². The lowest BCUT2D eigenvalue weighted by molar-refractivity contribution is -0.274. The molecule has 3 rings (SSSR count). The number of rotatable bonds is 4. The van der Waals surface area contributed by atoms with Gasteiger partial charge in [-0.15, -0.1) is 24.5 Å². The second-order valence-corrected chi connectivity index (χ2v) is 7.96. The zero-order chi connectivity index (χ0) is 18.2. The molecule has 5 nitrogen and oxygen atoms in total. The number of aryl methyl sites for hydroxylation is 1. The van der Waals surface area contributed by atoms with Crippen molar-refractivity contribution < 1.29 is 26.3 Å². The molecule has 0 aliphatic carbocycles. The number of ether oxygens (including phenoxy) is 1. The third-order valence-electron chi connectivity index (χ3n) is 3.12. The van der Waals surface area contributed by atoms with Crippen LogP contribution in [0.2, 0.25) is 0 Å². The highest BCUT2D eigenvalue weighted by molar-refractivity contribution is 7.92. The van der Waals surface area contributed by atoms with E-state index in [0.717, 1.165) is 39.5 Å². The summed E-state index contributed by atoms with van der Waals surface area (Å²) in [4.78, 5) is 4.11. The summed E-state index contributed by atoms with van der Waals surface area (Å²) in [6, 6.07) is 8.88. The zero-order valence-electron chi connectivity index (χ0n) is 12.7. The summed E-state index contributed by atoms with van der Waals surface area (Å²) in [5.74, 6) is -0.493. The molecule has 3 aromatic rings. The van der Waals surface area contributed by atoms with E-state index < -0.39 is 22.1 Å². The van der Waals surface area contributed by atoms with Gasteiger partial charge in [0.15, 0.2) is 0 Å². The van der Waals surface area contributed by atoms with E-state index >= 15 is 0 Å². The van der Waals surface area contributed by atoms with E-state index in [1.54, 1.807) is 18.2 Å². The Kier molecular flexibility index (Phi) is 4.33. The predicted octanol–water partition coefficient (Wildman–Crippen LogP) is 4.30. The topological polar surface area (TPSA) is 68.3 Å². The molecule has 0 aliphatic rings. The molecule has 10 heteroatoms. The molecule has 1 heterocycles. The summed E-state index contributed by atoms with van der Waals surface area (Å²) in [6.07, 6.45) is -4.83. The van der Waals surface area contributed by atoms with Crippen LogP contribution in [0.25, 0.3) is 10.2 Å². The fourth-order valence-corrected chi connectivity index (χ4v) is 4.05. The minimum Gasteiger partial charge on any atom is -0.406 e. The quantitative estimate of drug-likeness (QED) is 0.723. The van der Waals surface area contributed by atoms with Gasteiger partial charge in [-0.1, -0.05) is 0 Å². The van der Waals surface area contributed by atoms with E-state index in [0.29, 0.717) is 5.69 Å². The van der Waals surface area contributed by atoms with Crippen molar-refractivity contribution in [2.24, 2.45) is 0 Å². The van der Waals surface area contributed by atoms with E-state index in [9.17, 15) is 21.6 Å². The lowest BCUT2D eigenvalue weighted by atomic mass is 10.3. The van der Waals surface area contributed by atoms with E-state index in [1.807, 2.05) is 6.92 Å². The van der Waals surface area contributed by atoms with Crippen molar-refractivity contribution in [3.63, 3.8) is 0 Å². The number of nitrogens with zero attached hydrogens (tertiary/aromatic N) is 1. The Morgan fingerprint density at radius 2 is 1.80 bits per heavy atom. The first-order chi connectivity index (χ1) is 11.6. The largest absolute Gasteiger partial charge is 0.573 e. The molecule has 0 fully saturated rings. The molecule has 25 heavy (non-hydrogen) atoms. The van der Waals surface area contributed by atoms with E-state index in [4.69, 9.17) is 0 Å². The van der Waals surface area contributed by atoms with E-state index in [2.05, 4.69) is 14.4 Å². The van der Waals surface area contributed by atoms with Crippen molar-refractivity contribution in [2.45, 2.75) is 18.2 Å². The second-order valence-electron chi connectivity index (χ2n) is 5.04. The smallest absolute Gasteiger partial charge is 0.406 e. The number of hydrogen-bond donors (Lipinski definition) is 1. The molecule has 0 aliphatic heterocycles. The number of sulfonamides is 1. The lowest BCUT2D eigenvalue weighted by Gasteiger charge is -2.10. The Labute approximate surface area is 145 Å². The Morgan fingerprint density at radius 1 is 1.12 bits per heavy atom. The fraction of sp³-hybridized carbons (Fsp3) is 0.133. The first-order valence-corrected chi connectivity index (χ1v) is 9.18. The third-order valence-corrected chi connectivity index (χ3v) is 5.45. The summed E-state index contributed by atoms with van der Waals surface area (Å²) in [7, 11) is -3.94. The normalized spacial score (nSPS) is 12.3. The number of aromatic nitrogens is 1. The van der Waals surface area contributed by atoms with Crippen LogP contribution >= 0.6 is 11.3 Å². The van der Waals surface area contributed by atoms with Crippen molar-refractivity contribution in [3.05, 3.63) is 47.5 Å². The highest BCUT2D eigenvalue weighted by Crippen LogP contribution is 2.27. The van der Waals surface area contributed by atoms with Crippen molar-refractivity contribution >= 4 is 37.3 Å². The Hall–Kier alpha value is -2.33. The molecule has 1 N–H and O–H groups in total. The zero-order valence-corrected chi connectivity index (χ0v) is 14.3. The highest BCUT2D eigenvalue weighted by Gasteiger charge is 2.31. The molecule has 2 aromatic carbocycles. The third kappa shape index (κ3) is 4.20. The minimum atomic E-state index is -4.83. The lowest BCUT2D eigenvalue weighted by Crippen LogP contribution is -2.17. The molecule has 0 amide bonds. The van der Waals surface area contributed by atoms with Gasteiger partial charge in [-0.25, -0.2) is 13.4 Å². The van der Waals surface area contributed by atoms with Crippen LogP contribution in [0.1, 0.15) is 5.01 Å². The second kappa shape index (κ2) is 6.19. The monoisotopic (exact) mass is 388 g/mol. The number of alkyl halides is 3. The van der Waals surface area contributed by atoms with Gasteiger partial charge in [0, 0.05) is 0 Å². The summed E-state index contributed by atoms with van der Waals surface area (Å²) < 4.78 is 68.0. The number of benzene rings is 2. The fourth-order valence-electron chi connectivity index (χ4n) is 2.14. The molecular weight excluding hydrogens is 377 g/mol. The summed E-state index contributed by atoms with van der Waals surface area (Å²) in [5, 5.41) is 0.857. The molecule has 0 spiro atoms. The van der Waals surface area contributed by atoms with Crippen LogP contribution in [0.15, 0.2) is 47.4 Å². The van der Waals surface area contributed by atoms with Gasteiger partial charge in [0.2, 0.25) is 0 Å². The van der Waals surface area contributed by atoms with Gasteiger partial charge >= 0.3 is 6.36 Å². The molecule has 0 saturated carbocycles. The van der Waals surface area contributed by atoms with Crippen molar-refractivity contribution in [2.75, 3.05) is 4.72 Å².